The summed E-state index contributed by atoms with van der Waals surface area (Å²) in [6.45, 7) is 8.01. The van der Waals surface area contributed by atoms with E-state index in [1.807, 2.05) is 35.9 Å². The first-order chi connectivity index (χ1) is 16.1. The molecule has 1 aromatic carbocycles. The molecule has 2 aliphatic heterocycles. The molecule has 3 aromatic rings. The average molecular weight is 453 g/mol. The van der Waals surface area contributed by atoms with Gasteiger partial charge in [-0.2, -0.15) is 0 Å². The number of benzene rings is 1. The van der Waals surface area contributed by atoms with Crippen molar-refractivity contribution >= 4 is 10.9 Å². The second-order valence-corrected chi connectivity index (χ2v) is 9.21. The van der Waals surface area contributed by atoms with E-state index < -0.39 is 0 Å². The molecule has 0 amide bonds. The average Bonchev–Trinajstić information content (AvgIpc) is 3.49. The van der Waals surface area contributed by atoms with Gasteiger partial charge in [0.1, 0.15) is 11.8 Å². The van der Waals surface area contributed by atoms with Crippen molar-refractivity contribution in [1.29, 1.82) is 0 Å². The van der Waals surface area contributed by atoms with Crippen LogP contribution in [0.25, 0.3) is 10.9 Å². The highest BCUT2D eigenvalue weighted by Gasteiger charge is 2.33. The van der Waals surface area contributed by atoms with Crippen LogP contribution in [0.3, 0.4) is 0 Å². The molecule has 9 nitrogen and oxygen atoms in total. The summed E-state index contributed by atoms with van der Waals surface area (Å²) in [5.74, 6) is 2.16. The molecule has 2 fully saturated rings. The van der Waals surface area contributed by atoms with Crippen molar-refractivity contribution in [1.82, 2.24) is 30.1 Å². The fourth-order valence-electron chi connectivity index (χ4n) is 4.97. The second kappa shape index (κ2) is 9.61. The van der Waals surface area contributed by atoms with Crippen molar-refractivity contribution in [3.8, 4) is 5.75 Å². The number of H-pyrrole nitrogens is 1. The number of aromatic amines is 1. The summed E-state index contributed by atoms with van der Waals surface area (Å²) in [5, 5.41) is 13.6. The van der Waals surface area contributed by atoms with Gasteiger partial charge >= 0.3 is 0 Å². The van der Waals surface area contributed by atoms with Crippen LogP contribution in [0.15, 0.2) is 29.1 Å². The molecule has 0 spiro atoms. The molecule has 9 heteroatoms. The molecule has 5 rings (SSSR count). The lowest BCUT2D eigenvalue weighted by atomic mass is 9.95. The predicted octanol–water partition coefficient (Wildman–Crippen LogP) is 2.91. The number of aromatic nitrogens is 5. The van der Waals surface area contributed by atoms with Crippen LogP contribution in [0.4, 0.5) is 0 Å². The van der Waals surface area contributed by atoms with E-state index >= 15 is 0 Å². The molecule has 0 saturated carbocycles. The van der Waals surface area contributed by atoms with Gasteiger partial charge < -0.3 is 14.5 Å². The summed E-state index contributed by atoms with van der Waals surface area (Å²) < 4.78 is 13.3. The van der Waals surface area contributed by atoms with Gasteiger partial charge in [-0.3, -0.25) is 9.69 Å². The van der Waals surface area contributed by atoms with E-state index in [0.29, 0.717) is 30.5 Å². The standard InChI is InChI=1S/C24H32N6O3/c1-3-32-18-6-7-21-17(13-18)14-20(24(31)25-21)22(29-10-8-16(2)9-11-29)23-26-27-28-30(23)15-19-5-4-12-33-19/h6-7,13-14,16,19,22H,3-5,8-12,15H2,1-2H3,(H,25,31)/t19-,22+/m1/s1. The molecular formula is C24H32N6O3. The quantitative estimate of drug-likeness (QED) is 0.588. The Hall–Kier alpha value is -2.78. The summed E-state index contributed by atoms with van der Waals surface area (Å²) in [6.07, 6.45) is 4.34. The van der Waals surface area contributed by atoms with Crippen molar-refractivity contribution in [2.45, 2.75) is 58.2 Å². The SMILES string of the molecule is CCOc1ccc2[nH]c(=O)c([C@@H](c3nnnn3C[C@H]3CCCO3)N3CCC(C)CC3)cc2c1. The zero-order chi connectivity index (χ0) is 22.8. The molecule has 0 aliphatic carbocycles. The number of piperidine rings is 1. The third-order valence-corrected chi connectivity index (χ3v) is 6.84. The minimum atomic E-state index is -0.321. The van der Waals surface area contributed by atoms with E-state index in [2.05, 4.69) is 32.3 Å². The van der Waals surface area contributed by atoms with E-state index in [-0.39, 0.29) is 17.7 Å². The van der Waals surface area contributed by atoms with Gasteiger partial charge in [0.2, 0.25) is 0 Å². The van der Waals surface area contributed by atoms with Crippen LogP contribution in [0.1, 0.15) is 57.0 Å². The van der Waals surface area contributed by atoms with Gasteiger partial charge in [0.05, 0.1) is 19.3 Å². The lowest BCUT2D eigenvalue weighted by Gasteiger charge is -2.36. The van der Waals surface area contributed by atoms with Crippen molar-refractivity contribution in [2.75, 3.05) is 26.3 Å². The third-order valence-electron chi connectivity index (χ3n) is 6.84. The number of hydrogen-bond donors (Lipinski definition) is 1. The summed E-state index contributed by atoms with van der Waals surface area (Å²) in [4.78, 5) is 18.7. The molecule has 0 bridgehead atoms. The van der Waals surface area contributed by atoms with Gasteiger partial charge in [-0.15, -0.1) is 5.10 Å². The molecule has 2 atom stereocenters. The molecule has 4 heterocycles. The maximum Gasteiger partial charge on any atom is 0.253 e. The van der Waals surface area contributed by atoms with E-state index in [9.17, 15) is 4.79 Å². The summed E-state index contributed by atoms with van der Waals surface area (Å²) >= 11 is 0. The molecule has 2 aliphatic rings. The van der Waals surface area contributed by atoms with E-state index in [1.165, 1.54) is 0 Å². The normalized spacial score (nSPS) is 21.0. The number of nitrogens with one attached hydrogen (secondary N) is 1. The fourth-order valence-corrected chi connectivity index (χ4v) is 4.97. The first-order valence-corrected chi connectivity index (χ1v) is 12.0. The zero-order valence-corrected chi connectivity index (χ0v) is 19.4. The van der Waals surface area contributed by atoms with Crippen molar-refractivity contribution in [3.63, 3.8) is 0 Å². The Kier molecular flexibility index (Phi) is 6.41. The number of likely N-dealkylation sites (tertiary alicyclic amines) is 1. The molecule has 33 heavy (non-hydrogen) atoms. The van der Waals surface area contributed by atoms with Crippen LogP contribution in [-0.2, 0) is 11.3 Å². The first-order valence-electron chi connectivity index (χ1n) is 12.0. The minimum Gasteiger partial charge on any atom is -0.494 e. The summed E-state index contributed by atoms with van der Waals surface area (Å²) in [5.41, 5.74) is 1.34. The number of hydrogen-bond acceptors (Lipinski definition) is 7. The molecule has 176 valence electrons. The Bertz CT molecular complexity index is 1140. The summed E-state index contributed by atoms with van der Waals surface area (Å²) in [6, 6.07) is 7.41. The monoisotopic (exact) mass is 452 g/mol. The van der Waals surface area contributed by atoms with Gasteiger partial charge in [0.25, 0.3) is 5.56 Å². The van der Waals surface area contributed by atoms with E-state index in [0.717, 1.165) is 62.0 Å². The van der Waals surface area contributed by atoms with Crippen LogP contribution in [-0.4, -0.2) is 62.5 Å². The minimum absolute atomic E-state index is 0.109. The molecule has 0 unspecified atom stereocenters. The number of tetrazole rings is 1. The van der Waals surface area contributed by atoms with Gasteiger partial charge in [0, 0.05) is 23.1 Å². The predicted molar refractivity (Wildman–Crippen MR) is 124 cm³/mol. The molecule has 0 radical (unpaired) electrons. The van der Waals surface area contributed by atoms with Gasteiger partial charge in [-0.25, -0.2) is 4.68 Å². The van der Waals surface area contributed by atoms with Crippen molar-refractivity contribution < 1.29 is 9.47 Å². The number of nitrogens with zero attached hydrogens (tertiary/aromatic N) is 5. The molecular weight excluding hydrogens is 420 g/mol. The summed E-state index contributed by atoms with van der Waals surface area (Å²) in [7, 11) is 0. The molecule has 2 aromatic heterocycles. The largest absolute Gasteiger partial charge is 0.494 e. The maximum atomic E-state index is 13.3. The highest BCUT2D eigenvalue weighted by atomic mass is 16.5. The van der Waals surface area contributed by atoms with Crippen LogP contribution in [0.2, 0.25) is 0 Å². The Morgan fingerprint density at radius 3 is 2.85 bits per heavy atom. The number of fused-ring (bicyclic) bond motifs is 1. The number of rotatable bonds is 7. The van der Waals surface area contributed by atoms with Gasteiger partial charge in [-0.05, 0) is 86.3 Å². The topological polar surface area (TPSA) is 98.2 Å². The number of ether oxygens (including phenoxy) is 2. The van der Waals surface area contributed by atoms with Crippen LogP contribution < -0.4 is 10.3 Å². The Morgan fingerprint density at radius 1 is 1.24 bits per heavy atom. The number of pyridine rings is 1. The lowest BCUT2D eigenvalue weighted by Crippen LogP contribution is -2.40. The Morgan fingerprint density at radius 2 is 2.09 bits per heavy atom. The molecule has 2 saturated heterocycles. The van der Waals surface area contributed by atoms with E-state index in [4.69, 9.17) is 9.47 Å². The molecule has 1 N–H and O–H groups in total. The van der Waals surface area contributed by atoms with Gasteiger partial charge in [-0.1, -0.05) is 6.92 Å². The second-order valence-electron chi connectivity index (χ2n) is 9.21. The van der Waals surface area contributed by atoms with Crippen molar-refractivity contribution in [3.05, 3.63) is 46.0 Å². The van der Waals surface area contributed by atoms with Crippen LogP contribution in [0.5, 0.6) is 5.75 Å². The lowest BCUT2D eigenvalue weighted by molar-refractivity contribution is 0.0894. The Balaban J connectivity index is 1.58. The van der Waals surface area contributed by atoms with E-state index in [1.54, 1.807) is 0 Å². The van der Waals surface area contributed by atoms with Crippen molar-refractivity contribution in [2.24, 2.45) is 5.92 Å². The highest BCUT2D eigenvalue weighted by Crippen LogP contribution is 2.31. The van der Waals surface area contributed by atoms with Gasteiger partial charge in [0.15, 0.2) is 5.82 Å². The zero-order valence-electron chi connectivity index (χ0n) is 19.4. The highest BCUT2D eigenvalue weighted by molar-refractivity contribution is 5.80. The maximum absolute atomic E-state index is 13.3. The first kappa shape index (κ1) is 22.0. The van der Waals surface area contributed by atoms with Crippen LogP contribution >= 0.6 is 0 Å². The Labute approximate surface area is 193 Å². The third kappa shape index (κ3) is 4.65. The smallest absolute Gasteiger partial charge is 0.253 e. The fraction of sp³-hybridized carbons (Fsp3) is 0.583. The van der Waals surface area contributed by atoms with Crippen LogP contribution in [0, 0.1) is 5.92 Å².